The molecule has 18 heavy (non-hydrogen) atoms. The molecule has 1 aromatic rings. The number of hydrogen-bond donors (Lipinski definition) is 3. The van der Waals surface area contributed by atoms with Gasteiger partial charge < -0.3 is 5.11 Å². The SMILES string of the molecule is CCc1ccc(C#CCO)cc1CC.N[SH](=O)=O. The lowest BCUT2D eigenvalue weighted by Gasteiger charge is -2.05. The van der Waals surface area contributed by atoms with Crippen molar-refractivity contribution in [1.82, 2.24) is 0 Å². The minimum Gasteiger partial charge on any atom is -0.384 e. The standard InChI is InChI=1S/C13H16O.H3NO2S/c1-3-12-8-7-11(6-5-9-14)10-13(12)4-2;1-4(2)3/h7-8,10,14H,3-4,9H2,1-2H3;4H,(H2,1,2,3). The van der Waals surface area contributed by atoms with Crippen molar-refractivity contribution >= 4 is 10.9 Å². The summed E-state index contributed by atoms with van der Waals surface area (Å²) in [6.45, 7) is 4.24. The zero-order chi connectivity index (χ0) is 14.0. The maximum absolute atomic E-state index is 8.81. The molecule has 3 N–H and O–H groups in total. The van der Waals surface area contributed by atoms with Crippen LogP contribution in [0.4, 0.5) is 0 Å². The Labute approximate surface area is 110 Å². The molecule has 0 fully saturated rings. The summed E-state index contributed by atoms with van der Waals surface area (Å²) in [5, 5.41) is 12.6. The van der Waals surface area contributed by atoms with E-state index in [9.17, 15) is 0 Å². The number of aryl methyl sites for hydroxylation is 2. The van der Waals surface area contributed by atoms with Gasteiger partial charge in [-0.05, 0) is 36.1 Å². The van der Waals surface area contributed by atoms with Crippen LogP contribution in [-0.4, -0.2) is 20.1 Å². The molecule has 0 aliphatic carbocycles. The fraction of sp³-hybridized carbons (Fsp3) is 0.385. The van der Waals surface area contributed by atoms with E-state index in [1.54, 1.807) is 0 Å². The molecule has 5 heteroatoms. The smallest absolute Gasteiger partial charge is 0.198 e. The summed E-state index contributed by atoms with van der Waals surface area (Å²) in [7, 11) is -2.62. The molecule has 0 aliphatic heterocycles. The molecule has 0 unspecified atom stereocenters. The minimum absolute atomic E-state index is 0.0724. The molecule has 100 valence electrons. The van der Waals surface area contributed by atoms with Crippen molar-refractivity contribution in [3.05, 3.63) is 34.9 Å². The summed E-state index contributed by atoms with van der Waals surface area (Å²) < 4.78 is 17.6. The van der Waals surface area contributed by atoms with Gasteiger partial charge in [-0.25, -0.2) is 13.6 Å². The molecule has 0 amide bonds. The van der Waals surface area contributed by atoms with Crippen molar-refractivity contribution < 1.29 is 13.5 Å². The predicted octanol–water partition coefficient (Wildman–Crippen LogP) is 0.627. The van der Waals surface area contributed by atoms with E-state index < -0.39 is 10.9 Å². The normalized spacial score (nSPS) is 9.17. The Bertz CT molecular complexity index is 491. The van der Waals surface area contributed by atoms with Gasteiger partial charge in [0.2, 0.25) is 0 Å². The number of benzene rings is 1. The largest absolute Gasteiger partial charge is 0.384 e. The van der Waals surface area contributed by atoms with Crippen molar-refractivity contribution in [1.29, 1.82) is 0 Å². The predicted molar refractivity (Wildman–Crippen MR) is 73.7 cm³/mol. The second-order valence-corrected chi connectivity index (χ2v) is 4.01. The molecule has 1 aromatic carbocycles. The van der Waals surface area contributed by atoms with E-state index in [0.29, 0.717) is 0 Å². The van der Waals surface area contributed by atoms with Crippen LogP contribution in [0.2, 0.25) is 0 Å². The molecule has 4 nitrogen and oxygen atoms in total. The highest BCUT2D eigenvalue weighted by atomic mass is 32.2. The fourth-order valence-corrected chi connectivity index (χ4v) is 1.52. The van der Waals surface area contributed by atoms with Gasteiger partial charge in [0.05, 0.1) is 0 Å². The van der Waals surface area contributed by atoms with Gasteiger partial charge in [-0.2, -0.15) is 0 Å². The van der Waals surface area contributed by atoms with Gasteiger partial charge in [0.15, 0.2) is 10.9 Å². The number of hydrogen-bond acceptors (Lipinski definition) is 3. The number of aliphatic hydroxyl groups is 1. The van der Waals surface area contributed by atoms with E-state index in [1.807, 2.05) is 6.07 Å². The third-order valence-electron chi connectivity index (χ3n) is 2.28. The van der Waals surface area contributed by atoms with Crippen molar-refractivity contribution in [3.8, 4) is 11.8 Å². The molecular weight excluding hydrogens is 250 g/mol. The molecule has 1 rings (SSSR count). The first-order valence-corrected chi connectivity index (χ1v) is 6.90. The fourth-order valence-electron chi connectivity index (χ4n) is 1.52. The average Bonchev–Trinajstić information content (AvgIpc) is 2.35. The summed E-state index contributed by atoms with van der Waals surface area (Å²) in [4.78, 5) is 0. The molecular formula is C13H19NO3S. The van der Waals surface area contributed by atoms with E-state index in [-0.39, 0.29) is 6.61 Å². The molecule has 0 saturated carbocycles. The molecule has 0 saturated heterocycles. The Kier molecular flexibility index (Phi) is 8.93. The summed E-state index contributed by atoms with van der Waals surface area (Å²) in [6.07, 6.45) is 2.11. The van der Waals surface area contributed by atoms with Gasteiger partial charge in [-0.3, -0.25) is 0 Å². The Morgan fingerprint density at radius 3 is 2.22 bits per heavy atom. The Hall–Kier alpha value is -1.35. The highest BCUT2D eigenvalue weighted by molar-refractivity contribution is 7.69. The van der Waals surface area contributed by atoms with Gasteiger partial charge in [-0.15, -0.1) is 0 Å². The maximum atomic E-state index is 8.81. The van der Waals surface area contributed by atoms with Gasteiger partial charge >= 0.3 is 0 Å². The molecule has 0 aromatic heterocycles. The number of thiol groups is 1. The Balaban J connectivity index is 0.000000631. The Morgan fingerprint density at radius 1 is 1.22 bits per heavy atom. The minimum atomic E-state index is -2.62. The molecule has 0 heterocycles. The lowest BCUT2D eigenvalue weighted by molar-refractivity contribution is 0.350. The monoisotopic (exact) mass is 269 g/mol. The van der Waals surface area contributed by atoms with Crippen LogP contribution in [0.5, 0.6) is 0 Å². The van der Waals surface area contributed by atoms with Crippen LogP contribution in [0, 0.1) is 11.8 Å². The van der Waals surface area contributed by atoms with E-state index in [2.05, 4.69) is 43.0 Å². The molecule has 0 aliphatic rings. The van der Waals surface area contributed by atoms with Crippen molar-refractivity contribution in [2.75, 3.05) is 6.61 Å². The van der Waals surface area contributed by atoms with Crippen LogP contribution in [0.15, 0.2) is 18.2 Å². The molecule has 0 bridgehead atoms. The van der Waals surface area contributed by atoms with Crippen molar-refractivity contribution in [3.63, 3.8) is 0 Å². The van der Waals surface area contributed by atoms with Crippen LogP contribution < -0.4 is 5.14 Å². The zero-order valence-electron chi connectivity index (χ0n) is 10.6. The first-order valence-electron chi connectivity index (χ1n) is 5.65. The third kappa shape index (κ3) is 7.07. The van der Waals surface area contributed by atoms with E-state index >= 15 is 0 Å². The summed E-state index contributed by atoms with van der Waals surface area (Å²) >= 11 is 0. The van der Waals surface area contributed by atoms with Crippen molar-refractivity contribution in [2.45, 2.75) is 26.7 Å². The van der Waals surface area contributed by atoms with Gasteiger partial charge in [-0.1, -0.05) is 31.8 Å². The highest BCUT2D eigenvalue weighted by Gasteiger charge is 1.98. The second-order valence-electron chi connectivity index (χ2n) is 3.44. The summed E-state index contributed by atoms with van der Waals surface area (Å²) in [6, 6.07) is 6.25. The van der Waals surface area contributed by atoms with Gasteiger partial charge in [0.25, 0.3) is 0 Å². The highest BCUT2D eigenvalue weighted by Crippen LogP contribution is 2.12. The molecule has 0 radical (unpaired) electrons. The third-order valence-corrected chi connectivity index (χ3v) is 2.28. The first kappa shape index (κ1) is 16.6. The topological polar surface area (TPSA) is 80.4 Å². The van der Waals surface area contributed by atoms with Crippen LogP contribution in [0.3, 0.4) is 0 Å². The number of aliphatic hydroxyl groups excluding tert-OH is 1. The number of rotatable bonds is 2. The van der Waals surface area contributed by atoms with E-state index in [1.165, 1.54) is 11.1 Å². The van der Waals surface area contributed by atoms with Crippen LogP contribution in [0.1, 0.15) is 30.5 Å². The van der Waals surface area contributed by atoms with Gasteiger partial charge in [0.1, 0.15) is 6.61 Å². The zero-order valence-corrected chi connectivity index (χ0v) is 11.5. The summed E-state index contributed by atoms with van der Waals surface area (Å²) in [5.41, 5.74) is 3.74. The van der Waals surface area contributed by atoms with E-state index in [4.69, 9.17) is 13.5 Å². The molecule has 0 atom stereocenters. The molecule has 0 spiro atoms. The van der Waals surface area contributed by atoms with Crippen LogP contribution >= 0.6 is 0 Å². The summed E-state index contributed by atoms with van der Waals surface area (Å²) in [5.74, 6) is 5.58. The van der Waals surface area contributed by atoms with Gasteiger partial charge in [0, 0.05) is 5.56 Å². The number of nitrogens with two attached hydrogens (primary N) is 1. The van der Waals surface area contributed by atoms with Crippen molar-refractivity contribution in [2.24, 2.45) is 5.14 Å². The van der Waals surface area contributed by atoms with Crippen LogP contribution in [0.25, 0.3) is 0 Å². The maximum Gasteiger partial charge on any atom is 0.198 e. The lowest BCUT2D eigenvalue weighted by atomic mass is 10.0. The van der Waals surface area contributed by atoms with E-state index in [0.717, 1.165) is 18.4 Å². The quantitative estimate of drug-likeness (QED) is 0.544. The average molecular weight is 269 g/mol. The second kappa shape index (κ2) is 9.66. The van der Waals surface area contributed by atoms with Crippen LogP contribution in [-0.2, 0) is 23.7 Å². The lowest BCUT2D eigenvalue weighted by Crippen LogP contribution is -1.91. The first-order chi connectivity index (χ1) is 8.54. The Morgan fingerprint density at radius 2 is 1.78 bits per heavy atom.